The molecule has 0 radical (unpaired) electrons. The van der Waals surface area contributed by atoms with Gasteiger partial charge in [0.2, 0.25) is 0 Å². The predicted octanol–water partition coefficient (Wildman–Crippen LogP) is 3.78. The highest BCUT2D eigenvalue weighted by molar-refractivity contribution is 7.13. The first-order chi connectivity index (χ1) is 11.4. The Morgan fingerprint density at radius 2 is 2.08 bits per heavy atom. The van der Waals surface area contributed by atoms with E-state index in [0.717, 1.165) is 27.3 Å². The van der Waals surface area contributed by atoms with Crippen molar-refractivity contribution in [1.29, 1.82) is 0 Å². The van der Waals surface area contributed by atoms with E-state index in [-0.39, 0.29) is 11.9 Å². The molecule has 1 N–H and O–H groups in total. The number of carbonyl (C=O) groups is 1. The van der Waals surface area contributed by atoms with Crippen LogP contribution in [0.25, 0.3) is 21.6 Å². The van der Waals surface area contributed by atoms with Crippen molar-refractivity contribution in [2.75, 3.05) is 0 Å². The summed E-state index contributed by atoms with van der Waals surface area (Å²) in [6.07, 6.45) is 0. The van der Waals surface area contributed by atoms with Gasteiger partial charge in [-0.15, -0.1) is 11.3 Å². The number of nitrogens with one attached hydrogen (secondary N) is 1. The van der Waals surface area contributed by atoms with E-state index >= 15 is 0 Å². The molecule has 1 amide bonds. The number of amides is 1. The van der Waals surface area contributed by atoms with Gasteiger partial charge in [-0.05, 0) is 37.3 Å². The molecule has 0 aliphatic rings. The molecule has 126 valence electrons. The van der Waals surface area contributed by atoms with Crippen LogP contribution >= 0.6 is 11.3 Å². The number of aromatic nitrogens is 3. The summed E-state index contributed by atoms with van der Waals surface area (Å²) in [5.74, 6) is 0.301. The zero-order valence-corrected chi connectivity index (χ0v) is 15.4. The van der Waals surface area contributed by atoms with Crippen LogP contribution in [0.5, 0.6) is 0 Å². The second kappa shape index (κ2) is 6.36. The van der Waals surface area contributed by atoms with E-state index in [1.54, 1.807) is 16.0 Å². The Balaban J connectivity index is 2.16. The highest BCUT2D eigenvalue weighted by Crippen LogP contribution is 2.29. The molecule has 24 heavy (non-hydrogen) atoms. The van der Waals surface area contributed by atoms with E-state index in [9.17, 15) is 4.79 Å². The predicted molar refractivity (Wildman–Crippen MR) is 98.3 cm³/mol. The fourth-order valence-electron chi connectivity index (χ4n) is 2.63. The van der Waals surface area contributed by atoms with Crippen molar-refractivity contribution in [2.24, 2.45) is 13.0 Å². The van der Waals surface area contributed by atoms with Gasteiger partial charge in [-0.3, -0.25) is 9.48 Å². The second-order valence-electron chi connectivity index (χ2n) is 6.45. The third kappa shape index (κ3) is 2.94. The number of nitrogens with zero attached hydrogens (tertiary/aromatic N) is 3. The van der Waals surface area contributed by atoms with Gasteiger partial charge in [-0.1, -0.05) is 19.9 Å². The van der Waals surface area contributed by atoms with Gasteiger partial charge in [-0.25, -0.2) is 4.98 Å². The highest BCUT2D eigenvalue weighted by Gasteiger charge is 2.21. The Labute approximate surface area is 145 Å². The van der Waals surface area contributed by atoms with Crippen LogP contribution in [-0.2, 0) is 7.05 Å². The van der Waals surface area contributed by atoms with Crippen LogP contribution in [-0.4, -0.2) is 26.7 Å². The smallest absolute Gasteiger partial charge is 0.252 e. The lowest BCUT2D eigenvalue weighted by atomic mass is 10.0. The highest BCUT2D eigenvalue weighted by atomic mass is 32.1. The summed E-state index contributed by atoms with van der Waals surface area (Å²) < 4.78 is 1.74. The van der Waals surface area contributed by atoms with Gasteiger partial charge in [0.15, 0.2) is 5.65 Å². The molecule has 3 rings (SSSR count). The van der Waals surface area contributed by atoms with Crippen molar-refractivity contribution in [3.8, 4) is 10.6 Å². The largest absolute Gasteiger partial charge is 0.349 e. The summed E-state index contributed by atoms with van der Waals surface area (Å²) in [6.45, 7) is 8.13. The number of rotatable bonds is 4. The Hall–Kier alpha value is -2.21. The van der Waals surface area contributed by atoms with E-state index < -0.39 is 0 Å². The summed E-state index contributed by atoms with van der Waals surface area (Å²) in [5.41, 5.74) is 3.00. The SMILES string of the molecule is Cc1nn(C)c2nc(-c3cccs3)cc(C(=O)NC(C)C(C)C)c12. The fourth-order valence-corrected chi connectivity index (χ4v) is 3.31. The zero-order chi connectivity index (χ0) is 17.4. The molecular formula is C18H22N4OS. The van der Waals surface area contributed by atoms with Crippen molar-refractivity contribution < 1.29 is 4.79 Å². The molecule has 0 saturated carbocycles. The van der Waals surface area contributed by atoms with Gasteiger partial charge < -0.3 is 5.32 Å². The standard InChI is InChI=1S/C18H22N4OS/c1-10(2)11(3)19-18(23)13-9-14(15-7-6-8-24-15)20-17-16(13)12(4)21-22(17)5/h6-11H,1-5H3,(H,19,23). The number of thiophene rings is 1. The summed E-state index contributed by atoms with van der Waals surface area (Å²) in [4.78, 5) is 18.7. The zero-order valence-electron chi connectivity index (χ0n) is 14.6. The minimum Gasteiger partial charge on any atom is -0.349 e. The Bertz CT molecular complexity index is 880. The number of carbonyl (C=O) groups excluding carboxylic acids is 1. The lowest BCUT2D eigenvalue weighted by Gasteiger charge is -2.18. The average Bonchev–Trinajstić information content (AvgIpc) is 3.15. The number of hydrogen-bond acceptors (Lipinski definition) is 4. The molecule has 0 saturated heterocycles. The molecule has 0 spiro atoms. The molecule has 3 aromatic rings. The molecular weight excluding hydrogens is 320 g/mol. The Morgan fingerprint density at radius 1 is 1.33 bits per heavy atom. The molecule has 0 bridgehead atoms. The van der Waals surface area contributed by atoms with Gasteiger partial charge in [0.25, 0.3) is 5.91 Å². The number of fused-ring (bicyclic) bond motifs is 1. The molecule has 3 heterocycles. The van der Waals surface area contributed by atoms with Gasteiger partial charge in [0.1, 0.15) is 0 Å². The van der Waals surface area contributed by atoms with Crippen LogP contribution in [0.2, 0.25) is 0 Å². The number of aryl methyl sites for hydroxylation is 2. The molecule has 5 nitrogen and oxygen atoms in total. The van der Waals surface area contributed by atoms with Gasteiger partial charge in [0, 0.05) is 13.1 Å². The van der Waals surface area contributed by atoms with Gasteiger partial charge >= 0.3 is 0 Å². The van der Waals surface area contributed by atoms with E-state index in [2.05, 4.69) is 24.3 Å². The van der Waals surface area contributed by atoms with Gasteiger partial charge in [0.05, 0.1) is 27.2 Å². The van der Waals surface area contributed by atoms with E-state index in [1.165, 1.54) is 0 Å². The monoisotopic (exact) mass is 342 g/mol. The minimum atomic E-state index is -0.0718. The van der Waals surface area contributed by atoms with Crippen LogP contribution < -0.4 is 5.32 Å². The van der Waals surface area contributed by atoms with Crippen molar-refractivity contribution in [1.82, 2.24) is 20.1 Å². The van der Waals surface area contributed by atoms with Crippen molar-refractivity contribution >= 4 is 28.3 Å². The van der Waals surface area contributed by atoms with Crippen molar-refractivity contribution in [3.05, 3.63) is 34.8 Å². The van der Waals surface area contributed by atoms with Gasteiger partial charge in [-0.2, -0.15) is 5.10 Å². The summed E-state index contributed by atoms with van der Waals surface area (Å²) in [7, 11) is 1.86. The first kappa shape index (κ1) is 16.6. The van der Waals surface area contributed by atoms with Crippen LogP contribution in [0, 0.1) is 12.8 Å². The van der Waals surface area contributed by atoms with E-state index in [1.807, 2.05) is 44.5 Å². The van der Waals surface area contributed by atoms with Crippen molar-refractivity contribution in [3.63, 3.8) is 0 Å². The molecule has 6 heteroatoms. The normalized spacial score (nSPS) is 12.8. The minimum absolute atomic E-state index is 0.0718. The molecule has 1 unspecified atom stereocenters. The maximum atomic E-state index is 12.9. The maximum absolute atomic E-state index is 12.9. The summed E-state index contributed by atoms with van der Waals surface area (Å²) >= 11 is 1.61. The summed E-state index contributed by atoms with van der Waals surface area (Å²) in [6, 6.07) is 5.98. The van der Waals surface area contributed by atoms with Crippen molar-refractivity contribution in [2.45, 2.75) is 33.7 Å². The van der Waals surface area contributed by atoms with E-state index in [0.29, 0.717) is 11.5 Å². The number of hydrogen-bond donors (Lipinski definition) is 1. The molecule has 0 aliphatic carbocycles. The summed E-state index contributed by atoms with van der Waals surface area (Å²) in [5, 5.41) is 10.4. The first-order valence-corrected chi connectivity index (χ1v) is 8.95. The molecule has 0 aromatic carbocycles. The molecule has 0 aliphatic heterocycles. The average molecular weight is 342 g/mol. The quantitative estimate of drug-likeness (QED) is 0.785. The van der Waals surface area contributed by atoms with Crippen LogP contribution in [0.15, 0.2) is 23.6 Å². The molecule has 3 aromatic heterocycles. The molecule has 1 atom stereocenters. The van der Waals surface area contributed by atoms with E-state index in [4.69, 9.17) is 4.98 Å². The maximum Gasteiger partial charge on any atom is 0.252 e. The topological polar surface area (TPSA) is 59.8 Å². The van der Waals surface area contributed by atoms with Crippen LogP contribution in [0.3, 0.4) is 0 Å². The molecule has 0 fully saturated rings. The second-order valence-corrected chi connectivity index (χ2v) is 7.39. The fraction of sp³-hybridized carbons (Fsp3) is 0.389. The first-order valence-electron chi connectivity index (χ1n) is 8.07. The van der Waals surface area contributed by atoms with Crippen LogP contribution in [0.4, 0.5) is 0 Å². The Kier molecular flexibility index (Phi) is 4.41. The van der Waals surface area contributed by atoms with Crippen LogP contribution in [0.1, 0.15) is 36.8 Å². The third-order valence-corrected chi connectivity index (χ3v) is 5.24. The third-order valence-electron chi connectivity index (χ3n) is 4.35. The lowest BCUT2D eigenvalue weighted by molar-refractivity contribution is 0.0932. The number of pyridine rings is 1. The lowest BCUT2D eigenvalue weighted by Crippen LogP contribution is -2.36. The Morgan fingerprint density at radius 3 is 2.71 bits per heavy atom.